The van der Waals surface area contributed by atoms with Gasteiger partial charge in [-0.05, 0) is 18.2 Å². The van der Waals surface area contributed by atoms with Crippen molar-refractivity contribution < 1.29 is 0 Å². The molecule has 0 aliphatic carbocycles. The van der Waals surface area contributed by atoms with Gasteiger partial charge in [0.2, 0.25) is 0 Å². The molecule has 1 nitrogen and oxygen atoms in total. The van der Waals surface area contributed by atoms with Gasteiger partial charge in [-0.15, -0.1) is 0 Å². The number of halogens is 1. The van der Waals surface area contributed by atoms with Gasteiger partial charge in [0.05, 0.1) is 5.52 Å². The summed E-state index contributed by atoms with van der Waals surface area (Å²) < 4.78 is 0. The molecule has 0 saturated heterocycles. The number of aromatic nitrogens is 1. The quantitative estimate of drug-likeness (QED) is 0.553. The second-order valence-corrected chi connectivity index (χ2v) is 3.01. The first kappa shape index (κ1) is 7.62. The lowest BCUT2D eigenvalue weighted by atomic mass is 9.93. The minimum atomic E-state index is 0.623. The summed E-state index contributed by atoms with van der Waals surface area (Å²) in [5.74, 6) is 0. The van der Waals surface area contributed by atoms with Gasteiger partial charge in [0.1, 0.15) is 7.85 Å². The van der Waals surface area contributed by atoms with E-state index in [-0.39, 0.29) is 0 Å². The Morgan fingerprint density at radius 1 is 1.33 bits per heavy atom. The minimum Gasteiger partial charge on any atom is -0.257 e. The third-order valence-corrected chi connectivity index (χ3v) is 1.92. The van der Waals surface area contributed by atoms with Crippen LogP contribution in [0.3, 0.4) is 0 Å². The van der Waals surface area contributed by atoms with Crippen LogP contribution in [-0.2, 0) is 0 Å². The highest BCUT2D eigenvalue weighted by Gasteiger charge is 1.98. The van der Waals surface area contributed by atoms with Gasteiger partial charge in [-0.3, -0.25) is 4.98 Å². The summed E-state index contributed by atoms with van der Waals surface area (Å²) in [6.45, 7) is 0. The van der Waals surface area contributed by atoms with Crippen LogP contribution in [0.5, 0.6) is 0 Å². The molecule has 12 heavy (non-hydrogen) atoms. The van der Waals surface area contributed by atoms with Crippen molar-refractivity contribution in [2.24, 2.45) is 0 Å². The van der Waals surface area contributed by atoms with E-state index >= 15 is 0 Å². The molecule has 2 rings (SSSR count). The highest BCUT2D eigenvalue weighted by atomic mass is 35.5. The maximum atomic E-state index is 5.82. The summed E-state index contributed by atoms with van der Waals surface area (Å²) in [5.41, 5.74) is 1.43. The standard InChI is InChI=1S/C9H5BClN/c10-8-5-7(11)4-6-2-1-3-12-9(6)8/h1-5H. The van der Waals surface area contributed by atoms with Crippen LogP contribution in [0.25, 0.3) is 10.9 Å². The average Bonchev–Trinajstić information content (AvgIpc) is 2.04. The van der Waals surface area contributed by atoms with Gasteiger partial charge in [0, 0.05) is 16.6 Å². The number of benzene rings is 1. The molecule has 0 bridgehead atoms. The smallest absolute Gasteiger partial charge is 0.116 e. The SMILES string of the molecule is [B]c1cc(Cl)cc2cccnc12. The van der Waals surface area contributed by atoms with Crippen LogP contribution < -0.4 is 5.46 Å². The molecule has 0 atom stereocenters. The number of hydrogen-bond acceptors (Lipinski definition) is 1. The summed E-state index contributed by atoms with van der Waals surface area (Å²) in [7, 11) is 5.71. The highest BCUT2D eigenvalue weighted by Crippen LogP contribution is 2.14. The third kappa shape index (κ3) is 1.19. The fourth-order valence-corrected chi connectivity index (χ4v) is 1.42. The van der Waals surface area contributed by atoms with Gasteiger partial charge in [0.15, 0.2) is 0 Å². The first-order valence-electron chi connectivity index (χ1n) is 3.57. The molecule has 0 unspecified atom stereocenters. The summed E-state index contributed by atoms with van der Waals surface area (Å²) in [5, 5.41) is 1.62. The fourth-order valence-electron chi connectivity index (χ4n) is 1.18. The largest absolute Gasteiger partial charge is 0.257 e. The van der Waals surface area contributed by atoms with E-state index in [1.54, 1.807) is 12.3 Å². The van der Waals surface area contributed by atoms with Crippen LogP contribution in [0.4, 0.5) is 0 Å². The van der Waals surface area contributed by atoms with Crippen LogP contribution in [-0.4, -0.2) is 12.8 Å². The number of pyridine rings is 1. The molecular formula is C9H5BClN. The second-order valence-electron chi connectivity index (χ2n) is 2.57. The van der Waals surface area contributed by atoms with Crippen molar-refractivity contribution in [1.82, 2.24) is 4.98 Å². The monoisotopic (exact) mass is 173 g/mol. The predicted octanol–water partition coefficient (Wildman–Crippen LogP) is 1.68. The zero-order valence-electron chi connectivity index (χ0n) is 6.29. The Bertz CT molecular complexity index is 428. The Kier molecular flexibility index (Phi) is 1.78. The van der Waals surface area contributed by atoms with Gasteiger partial charge < -0.3 is 0 Å². The van der Waals surface area contributed by atoms with Crippen molar-refractivity contribution in [2.45, 2.75) is 0 Å². The molecule has 0 aliphatic heterocycles. The lowest BCUT2D eigenvalue weighted by Crippen LogP contribution is -2.04. The van der Waals surface area contributed by atoms with Gasteiger partial charge in [-0.2, -0.15) is 0 Å². The number of rotatable bonds is 0. The van der Waals surface area contributed by atoms with Gasteiger partial charge in [-0.1, -0.05) is 23.1 Å². The van der Waals surface area contributed by atoms with E-state index < -0.39 is 0 Å². The molecule has 0 saturated carbocycles. The van der Waals surface area contributed by atoms with Gasteiger partial charge in [0.25, 0.3) is 0 Å². The van der Waals surface area contributed by atoms with Crippen molar-refractivity contribution in [2.75, 3.05) is 0 Å². The first-order chi connectivity index (χ1) is 5.77. The Labute approximate surface area is 76.8 Å². The van der Waals surface area contributed by atoms with E-state index in [1.165, 1.54) is 0 Å². The summed E-state index contributed by atoms with van der Waals surface area (Å²) >= 11 is 5.82. The summed E-state index contributed by atoms with van der Waals surface area (Å²) in [6, 6.07) is 7.35. The van der Waals surface area contributed by atoms with Crippen molar-refractivity contribution in [3.05, 3.63) is 35.5 Å². The van der Waals surface area contributed by atoms with E-state index in [1.807, 2.05) is 18.2 Å². The minimum absolute atomic E-state index is 0.623. The fraction of sp³-hybridized carbons (Fsp3) is 0. The van der Waals surface area contributed by atoms with Crippen molar-refractivity contribution >= 4 is 35.8 Å². The normalized spacial score (nSPS) is 10.4. The van der Waals surface area contributed by atoms with Crippen LogP contribution in [0.2, 0.25) is 5.02 Å². The second kappa shape index (κ2) is 2.79. The molecule has 0 aliphatic rings. The van der Waals surface area contributed by atoms with Crippen LogP contribution in [0.1, 0.15) is 0 Å². The van der Waals surface area contributed by atoms with E-state index in [2.05, 4.69) is 4.98 Å². The lowest BCUT2D eigenvalue weighted by molar-refractivity contribution is 1.42. The maximum absolute atomic E-state index is 5.82. The van der Waals surface area contributed by atoms with E-state index in [0.717, 1.165) is 10.9 Å². The van der Waals surface area contributed by atoms with Crippen molar-refractivity contribution in [3.8, 4) is 0 Å². The highest BCUT2D eigenvalue weighted by molar-refractivity contribution is 6.41. The van der Waals surface area contributed by atoms with Gasteiger partial charge >= 0.3 is 0 Å². The molecule has 2 aromatic rings. The molecule has 1 heterocycles. The average molecular weight is 173 g/mol. The Morgan fingerprint density at radius 3 is 3.00 bits per heavy atom. The molecule has 0 amide bonds. The van der Waals surface area contributed by atoms with Crippen molar-refractivity contribution in [1.29, 1.82) is 0 Å². The number of hydrogen-bond donors (Lipinski definition) is 0. The topological polar surface area (TPSA) is 12.9 Å². The van der Waals surface area contributed by atoms with E-state index in [9.17, 15) is 0 Å². The number of nitrogens with zero attached hydrogens (tertiary/aromatic N) is 1. The molecule has 56 valence electrons. The van der Waals surface area contributed by atoms with Gasteiger partial charge in [-0.25, -0.2) is 0 Å². The van der Waals surface area contributed by atoms with Crippen LogP contribution in [0.15, 0.2) is 30.5 Å². The Balaban J connectivity index is 2.89. The zero-order valence-corrected chi connectivity index (χ0v) is 7.05. The van der Waals surface area contributed by atoms with E-state index in [0.29, 0.717) is 10.5 Å². The van der Waals surface area contributed by atoms with Crippen molar-refractivity contribution in [3.63, 3.8) is 0 Å². The number of fused-ring (bicyclic) bond motifs is 1. The molecular weight excluding hydrogens is 168 g/mol. The molecule has 0 spiro atoms. The third-order valence-electron chi connectivity index (χ3n) is 1.70. The Hall–Kier alpha value is -1.02. The first-order valence-corrected chi connectivity index (χ1v) is 3.95. The molecule has 0 fully saturated rings. The molecule has 3 heteroatoms. The molecule has 2 radical (unpaired) electrons. The molecule has 1 aromatic carbocycles. The summed E-state index contributed by atoms with van der Waals surface area (Å²) in [6.07, 6.45) is 1.71. The van der Waals surface area contributed by atoms with Crippen LogP contribution in [0, 0.1) is 0 Å². The van der Waals surface area contributed by atoms with E-state index in [4.69, 9.17) is 19.4 Å². The predicted molar refractivity (Wildman–Crippen MR) is 52.1 cm³/mol. The maximum Gasteiger partial charge on any atom is 0.116 e. The van der Waals surface area contributed by atoms with Crippen LogP contribution >= 0.6 is 11.6 Å². The lowest BCUT2D eigenvalue weighted by Gasteiger charge is -2.00. The molecule has 0 N–H and O–H groups in total. The Morgan fingerprint density at radius 2 is 2.17 bits per heavy atom. The molecule has 1 aromatic heterocycles. The zero-order chi connectivity index (χ0) is 8.55. The summed E-state index contributed by atoms with van der Waals surface area (Å²) in [4.78, 5) is 4.14.